The van der Waals surface area contributed by atoms with Crippen molar-refractivity contribution in [3.05, 3.63) is 65.2 Å². The number of hydrogen-bond donors (Lipinski definition) is 1. The fourth-order valence-corrected chi connectivity index (χ4v) is 3.12. The molecule has 0 saturated carbocycles. The van der Waals surface area contributed by atoms with E-state index in [1.165, 1.54) is 16.8 Å². The third-order valence-corrected chi connectivity index (χ3v) is 4.66. The molecule has 2 N–H and O–H groups in total. The third kappa shape index (κ3) is 5.13. The molecule has 0 aliphatic carbocycles. The normalized spacial score (nSPS) is 14.9. The minimum atomic E-state index is -0.573. The first-order valence-corrected chi connectivity index (χ1v) is 8.47. The molecule has 0 aromatic heterocycles. The minimum Gasteiger partial charge on any atom is -0.368 e. The lowest BCUT2D eigenvalue weighted by molar-refractivity contribution is -0.133. The van der Waals surface area contributed by atoms with Crippen LogP contribution in [0.15, 0.2) is 48.5 Å². The average Bonchev–Trinajstić information content (AvgIpc) is 2.61. The van der Waals surface area contributed by atoms with Gasteiger partial charge in [0.15, 0.2) is 0 Å². The predicted molar refractivity (Wildman–Crippen MR) is 113 cm³/mol. The first-order chi connectivity index (χ1) is 11.5. The van der Waals surface area contributed by atoms with Gasteiger partial charge in [-0.2, -0.15) is 0 Å². The molecule has 4 nitrogen and oxygen atoms in total. The van der Waals surface area contributed by atoms with Crippen molar-refractivity contribution >= 4 is 36.4 Å². The second kappa shape index (κ2) is 9.81. The van der Waals surface area contributed by atoms with Gasteiger partial charge in [0.05, 0.1) is 0 Å². The van der Waals surface area contributed by atoms with Crippen LogP contribution in [0, 0.1) is 13.8 Å². The summed E-state index contributed by atoms with van der Waals surface area (Å²) in [5.74, 6) is 0.0164. The van der Waals surface area contributed by atoms with Gasteiger partial charge in [0.2, 0.25) is 5.91 Å². The molecule has 1 unspecified atom stereocenters. The molecule has 1 amide bonds. The van der Waals surface area contributed by atoms with Crippen molar-refractivity contribution in [2.75, 3.05) is 31.1 Å². The number of aryl methyl sites for hydroxylation is 2. The van der Waals surface area contributed by atoms with E-state index in [-0.39, 0.29) is 30.7 Å². The zero-order valence-corrected chi connectivity index (χ0v) is 16.9. The molecule has 26 heavy (non-hydrogen) atoms. The van der Waals surface area contributed by atoms with Crippen LogP contribution < -0.4 is 10.6 Å². The van der Waals surface area contributed by atoms with E-state index in [1.54, 1.807) is 0 Å². The van der Waals surface area contributed by atoms with E-state index in [0.717, 1.165) is 18.7 Å². The number of amides is 1. The first kappa shape index (κ1) is 22.3. The standard InChI is InChI=1S/C20H25N3O.2ClH/c1-15-6-8-17(9-7-15)19(21)20(24)23-12-10-22(11-13-23)18-5-3-4-16(2)14-18;;/h3-9,14,19H,10-13,21H2,1-2H3;2*1H. The van der Waals surface area contributed by atoms with Gasteiger partial charge >= 0.3 is 0 Å². The molecule has 1 aliphatic heterocycles. The molecular formula is C20H27Cl2N3O. The van der Waals surface area contributed by atoms with Gasteiger partial charge in [0.1, 0.15) is 6.04 Å². The summed E-state index contributed by atoms with van der Waals surface area (Å²) in [6.45, 7) is 7.25. The molecule has 1 aliphatic rings. The van der Waals surface area contributed by atoms with Crippen molar-refractivity contribution in [1.29, 1.82) is 0 Å². The highest BCUT2D eigenvalue weighted by molar-refractivity contribution is 5.85. The highest BCUT2D eigenvalue weighted by atomic mass is 35.5. The minimum absolute atomic E-state index is 0. The molecule has 1 fully saturated rings. The van der Waals surface area contributed by atoms with Crippen LogP contribution >= 0.6 is 24.8 Å². The smallest absolute Gasteiger partial charge is 0.244 e. The van der Waals surface area contributed by atoms with E-state index in [2.05, 4.69) is 36.1 Å². The second-order valence-electron chi connectivity index (χ2n) is 6.54. The Kier molecular flexibility index (Phi) is 8.41. The molecule has 6 heteroatoms. The molecule has 1 atom stereocenters. The second-order valence-corrected chi connectivity index (χ2v) is 6.54. The molecule has 1 heterocycles. The summed E-state index contributed by atoms with van der Waals surface area (Å²) >= 11 is 0. The largest absolute Gasteiger partial charge is 0.368 e. The van der Waals surface area contributed by atoms with Crippen LogP contribution in [0.1, 0.15) is 22.7 Å². The fourth-order valence-electron chi connectivity index (χ4n) is 3.12. The molecule has 0 bridgehead atoms. The predicted octanol–water partition coefficient (Wildman–Crippen LogP) is 3.50. The monoisotopic (exact) mass is 395 g/mol. The van der Waals surface area contributed by atoms with Crippen LogP contribution in [0.5, 0.6) is 0 Å². The summed E-state index contributed by atoms with van der Waals surface area (Å²) in [6, 6.07) is 15.8. The van der Waals surface area contributed by atoms with Crippen molar-refractivity contribution in [2.45, 2.75) is 19.9 Å². The van der Waals surface area contributed by atoms with Gasteiger partial charge in [-0.1, -0.05) is 42.0 Å². The molecular weight excluding hydrogens is 369 g/mol. The quantitative estimate of drug-likeness (QED) is 0.864. The molecule has 2 aromatic rings. The number of rotatable bonds is 3. The number of nitrogens with zero attached hydrogens (tertiary/aromatic N) is 2. The van der Waals surface area contributed by atoms with Gasteiger partial charge in [-0.3, -0.25) is 4.79 Å². The number of piperazine rings is 1. The Bertz CT molecular complexity index is 713. The highest BCUT2D eigenvalue weighted by Crippen LogP contribution is 2.20. The molecule has 3 rings (SSSR count). The Hall–Kier alpha value is -1.75. The van der Waals surface area contributed by atoms with E-state index in [9.17, 15) is 4.79 Å². The van der Waals surface area contributed by atoms with Crippen LogP contribution in [0.2, 0.25) is 0 Å². The SMILES string of the molecule is Cc1ccc(C(N)C(=O)N2CCN(c3cccc(C)c3)CC2)cc1.Cl.Cl. The maximum Gasteiger partial charge on any atom is 0.244 e. The maximum atomic E-state index is 12.7. The van der Waals surface area contributed by atoms with Crippen molar-refractivity contribution < 1.29 is 4.79 Å². The fraction of sp³-hybridized carbons (Fsp3) is 0.350. The Morgan fingerprint density at radius 2 is 1.54 bits per heavy atom. The highest BCUT2D eigenvalue weighted by Gasteiger charge is 2.26. The van der Waals surface area contributed by atoms with Crippen molar-refractivity contribution in [3.63, 3.8) is 0 Å². The lowest BCUT2D eigenvalue weighted by Gasteiger charge is -2.37. The van der Waals surface area contributed by atoms with Gasteiger partial charge < -0.3 is 15.5 Å². The number of nitrogens with two attached hydrogens (primary N) is 1. The van der Waals surface area contributed by atoms with Crippen LogP contribution in [0.25, 0.3) is 0 Å². The molecule has 0 radical (unpaired) electrons. The molecule has 0 spiro atoms. The van der Waals surface area contributed by atoms with Crippen LogP contribution in [0.4, 0.5) is 5.69 Å². The Labute approximate surface area is 168 Å². The summed E-state index contributed by atoms with van der Waals surface area (Å²) in [7, 11) is 0. The average molecular weight is 396 g/mol. The lowest BCUT2D eigenvalue weighted by atomic mass is 10.0. The van der Waals surface area contributed by atoms with Crippen LogP contribution in [0.3, 0.4) is 0 Å². The van der Waals surface area contributed by atoms with Gasteiger partial charge in [-0.15, -0.1) is 24.8 Å². The summed E-state index contributed by atoms with van der Waals surface area (Å²) in [5, 5.41) is 0. The van der Waals surface area contributed by atoms with Gasteiger partial charge in [0, 0.05) is 31.9 Å². The van der Waals surface area contributed by atoms with Crippen molar-refractivity contribution in [3.8, 4) is 0 Å². The van der Waals surface area contributed by atoms with Crippen LogP contribution in [-0.2, 0) is 4.79 Å². The Morgan fingerprint density at radius 1 is 0.923 bits per heavy atom. The number of anilines is 1. The van der Waals surface area contributed by atoms with Crippen molar-refractivity contribution in [2.24, 2.45) is 5.73 Å². The van der Waals surface area contributed by atoms with E-state index < -0.39 is 6.04 Å². The molecule has 2 aromatic carbocycles. The van der Waals surface area contributed by atoms with Crippen molar-refractivity contribution in [1.82, 2.24) is 4.90 Å². The number of carbonyl (C=O) groups is 1. The van der Waals surface area contributed by atoms with E-state index in [1.807, 2.05) is 36.1 Å². The number of benzene rings is 2. The van der Waals surface area contributed by atoms with E-state index >= 15 is 0 Å². The zero-order valence-electron chi connectivity index (χ0n) is 15.2. The topological polar surface area (TPSA) is 49.6 Å². The lowest BCUT2D eigenvalue weighted by Crippen LogP contribution is -2.51. The summed E-state index contributed by atoms with van der Waals surface area (Å²) in [5.41, 5.74) is 10.7. The van der Waals surface area contributed by atoms with Gasteiger partial charge in [-0.05, 0) is 37.1 Å². The molecule has 1 saturated heterocycles. The first-order valence-electron chi connectivity index (χ1n) is 8.47. The summed E-state index contributed by atoms with van der Waals surface area (Å²) < 4.78 is 0. The number of hydrogen-bond acceptors (Lipinski definition) is 3. The van der Waals surface area contributed by atoms with Crippen LogP contribution in [-0.4, -0.2) is 37.0 Å². The Balaban J connectivity index is 0.00000169. The van der Waals surface area contributed by atoms with Gasteiger partial charge in [0.25, 0.3) is 0 Å². The summed E-state index contributed by atoms with van der Waals surface area (Å²) in [6.07, 6.45) is 0. The Morgan fingerprint density at radius 3 is 2.12 bits per heavy atom. The number of halogens is 2. The number of carbonyl (C=O) groups excluding carboxylic acids is 1. The zero-order chi connectivity index (χ0) is 17.1. The third-order valence-electron chi connectivity index (χ3n) is 4.66. The van der Waals surface area contributed by atoms with Gasteiger partial charge in [-0.25, -0.2) is 0 Å². The van der Waals surface area contributed by atoms with E-state index in [0.29, 0.717) is 13.1 Å². The molecule has 142 valence electrons. The van der Waals surface area contributed by atoms with E-state index in [4.69, 9.17) is 5.73 Å². The maximum absolute atomic E-state index is 12.7. The summed E-state index contributed by atoms with van der Waals surface area (Å²) in [4.78, 5) is 16.9.